The second kappa shape index (κ2) is 7.41. The Bertz CT molecular complexity index is 345. The third-order valence-corrected chi connectivity index (χ3v) is 6.14. The fourth-order valence-electron chi connectivity index (χ4n) is 1.99. The van der Waals surface area contributed by atoms with Crippen LogP contribution in [0.15, 0.2) is 0 Å². The molecule has 0 bridgehead atoms. The van der Waals surface area contributed by atoms with Gasteiger partial charge in [0.15, 0.2) is 6.21 Å². The van der Waals surface area contributed by atoms with E-state index in [0.29, 0.717) is 26.1 Å². The van der Waals surface area contributed by atoms with E-state index >= 15 is 0 Å². The largest absolute Gasteiger partial charge is 0.623 e. The first-order valence-electron chi connectivity index (χ1n) is 7.19. The topological polar surface area (TPSA) is 61.6 Å². The van der Waals surface area contributed by atoms with E-state index in [0.717, 1.165) is 30.4 Å². The van der Waals surface area contributed by atoms with E-state index in [-0.39, 0.29) is 0 Å². The van der Waals surface area contributed by atoms with Gasteiger partial charge < -0.3 is 14.3 Å². The molecule has 19 heavy (non-hydrogen) atoms. The molecule has 1 heterocycles. The van der Waals surface area contributed by atoms with Crippen LogP contribution in [0.25, 0.3) is 0 Å². The zero-order chi connectivity index (χ0) is 14.4. The van der Waals surface area contributed by atoms with E-state index in [1.807, 2.05) is 13.8 Å². The van der Waals surface area contributed by atoms with E-state index in [4.69, 9.17) is 9.05 Å². The highest BCUT2D eigenvalue weighted by atomic mass is 31.2. The Balaban J connectivity index is 2.78. The van der Waals surface area contributed by atoms with Gasteiger partial charge in [0.2, 0.25) is 0 Å². The summed E-state index contributed by atoms with van der Waals surface area (Å²) in [5.74, 6) is 0. The minimum atomic E-state index is -3.41. The summed E-state index contributed by atoms with van der Waals surface area (Å²) in [6.07, 6.45) is 6.22. The van der Waals surface area contributed by atoms with Gasteiger partial charge >= 0.3 is 7.60 Å². The molecule has 1 unspecified atom stereocenters. The van der Waals surface area contributed by atoms with Gasteiger partial charge in [0, 0.05) is 19.8 Å². The van der Waals surface area contributed by atoms with E-state index in [9.17, 15) is 9.77 Å². The fraction of sp³-hybridized carbons (Fsp3) is 0.923. The predicted octanol–water partition coefficient (Wildman–Crippen LogP) is 3.90. The molecule has 0 saturated heterocycles. The van der Waals surface area contributed by atoms with Gasteiger partial charge in [-0.05, 0) is 12.8 Å². The van der Waals surface area contributed by atoms with E-state index in [2.05, 4.69) is 0 Å². The van der Waals surface area contributed by atoms with Crippen LogP contribution < -0.4 is 0 Å². The molecule has 0 aliphatic carbocycles. The maximum absolute atomic E-state index is 13.0. The SMILES string of the molecule is CCCCOP(=O)(OCCCC)C1(C)CCC=[N+]1[O-]. The van der Waals surface area contributed by atoms with Gasteiger partial charge in [0.25, 0.3) is 5.28 Å². The third kappa shape index (κ3) is 3.80. The summed E-state index contributed by atoms with van der Waals surface area (Å²) in [5, 5.41) is 10.9. The van der Waals surface area contributed by atoms with E-state index < -0.39 is 12.9 Å². The number of rotatable bonds is 9. The van der Waals surface area contributed by atoms with Crippen molar-refractivity contribution in [3.8, 4) is 0 Å². The lowest BCUT2D eigenvalue weighted by Gasteiger charge is -2.31. The van der Waals surface area contributed by atoms with Crippen LogP contribution >= 0.6 is 7.60 Å². The average Bonchev–Trinajstić information content (AvgIpc) is 2.72. The summed E-state index contributed by atoms with van der Waals surface area (Å²) >= 11 is 0. The minimum absolute atomic E-state index is 0.378. The molecule has 112 valence electrons. The molecular formula is C13H26NO4P. The van der Waals surface area contributed by atoms with Crippen LogP contribution in [-0.4, -0.2) is 29.4 Å². The molecule has 0 spiro atoms. The van der Waals surface area contributed by atoms with Gasteiger partial charge in [0.1, 0.15) is 0 Å². The molecule has 1 atom stereocenters. The average molecular weight is 291 g/mol. The molecule has 0 radical (unpaired) electrons. The van der Waals surface area contributed by atoms with Crippen molar-refractivity contribution in [2.45, 2.75) is 64.6 Å². The first-order chi connectivity index (χ1) is 9.00. The molecule has 0 saturated carbocycles. The monoisotopic (exact) mass is 291 g/mol. The van der Waals surface area contributed by atoms with Crippen molar-refractivity contribution in [2.75, 3.05) is 13.2 Å². The van der Waals surface area contributed by atoms with Gasteiger partial charge in [-0.3, -0.25) is 4.57 Å². The summed E-state index contributed by atoms with van der Waals surface area (Å²) in [6, 6.07) is 0. The van der Waals surface area contributed by atoms with Crippen LogP contribution in [0.2, 0.25) is 0 Å². The Morgan fingerprint density at radius 1 is 1.26 bits per heavy atom. The fourth-order valence-corrected chi connectivity index (χ4v) is 4.09. The molecular weight excluding hydrogens is 265 g/mol. The number of nitrogens with zero attached hydrogens (tertiary/aromatic N) is 1. The van der Waals surface area contributed by atoms with Gasteiger partial charge in [-0.25, -0.2) is 0 Å². The third-order valence-electron chi connectivity index (χ3n) is 3.50. The Hall–Kier alpha value is -0.380. The van der Waals surface area contributed by atoms with Gasteiger partial charge in [-0.2, -0.15) is 4.74 Å². The predicted molar refractivity (Wildman–Crippen MR) is 76.7 cm³/mol. The Labute approximate surface area is 116 Å². The first kappa shape index (κ1) is 16.7. The van der Waals surface area contributed by atoms with Crippen LogP contribution in [0.3, 0.4) is 0 Å². The molecule has 0 N–H and O–H groups in total. The maximum Gasteiger partial charge on any atom is 0.401 e. The number of hydrogen-bond donors (Lipinski definition) is 0. The van der Waals surface area contributed by atoms with Crippen molar-refractivity contribution < 1.29 is 18.4 Å². The first-order valence-corrected chi connectivity index (χ1v) is 8.73. The van der Waals surface area contributed by atoms with Crippen molar-refractivity contribution in [1.82, 2.24) is 0 Å². The highest BCUT2D eigenvalue weighted by Crippen LogP contribution is 2.63. The lowest BCUT2D eigenvalue weighted by Crippen LogP contribution is -2.34. The van der Waals surface area contributed by atoms with Gasteiger partial charge in [-0.1, -0.05) is 26.7 Å². The molecule has 1 aliphatic rings. The molecule has 1 aliphatic heterocycles. The molecule has 6 heteroatoms. The lowest BCUT2D eigenvalue weighted by atomic mass is 10.2. The highest BCUT2D eigenvalue weighted by Gasteiger charge is 2.56. The lowest BCUT2D eigenvalue weighted by molar-refractivity contribution is -0.507. The van der Waals surface area contributed by atoms with Crippen molar-refractivity contribution in [3.63, 3.8) is 0 Å². The minimum Gasteiger partial charge on any atom is -0.623 e. The van der Waals surface area contributed by atoms with Gasteiger partial charge in [0.05, 0.1) is 13.2 Å². The maximum atomic E-state index is 13.0. The molecule has 0 amide bonds. The Kier molecular flexibility index (Phi) is 6.51. The number of hydroxylamine groups is 1. The van der Waals surface area contributed by atoms with Crippen LogP contribution in [0, 0.1) is 5.21 Å². The van der Waals surface area contributed by atoms with Gasteiger partial charge in [-0.15, -0.1) is 0 Å². The summed E-state index contributed by atoms with van der Waals surface area (Å²) in [6.45, 7) is 6.52. The molecule has 0 aromatic carbocycles. The summed E-state index contributed by atoms with van der Waals surface area (Å²) in [7, 11) is -3.41. The normalized spacial score (nSPS) is 23.6. The summed E-state index contributed by atoms with van der Waals surface area (Å²) in [5.41, 5.74) is 0. The van der Waals surface area contributed by atoms with Crippen LogP contribution in [-0.2, 0) is 13.6 Å². The number of unbranched alkanes of at least 4 members (excludes halogenated alkanes) is 2. The second-order valence-electron chi connectivity index (χ2n) is 5.14. The smallest absolute Gasteiger partial charge is 0.401 e. The highest BCUT2D eigenvalue weighted by molar-refractivity contribution is 7.55. The van der Waals surface area contributed by atoms with Crippen molar-refractivity contribution >= 4 is 13.8 Å². The Morgan fingerprint density at radius 3 is 2.16 bits per heavy atom. The molecule has 1 rings (SSSR count). The van der Waals surface area contributed by atoms with E-state index in [1.165, 1.54) is 6.21 Å². The van der Waals surface area contributed by atoms with Crippen molar-refractivity contribution in [2.24, 2.45) is 0 Å². The quantitative estimate of drug-likeness (QED) is 0.280. The summed E-state index contributed by atoms with van der Waals surface area (Å²) < 4.78 is 24.9. The molecule has 5 nitrogen and oxygen atoms in total. The van der Waals surface area contributed by atoms with E-state index in [1.54, 1.807) is 6.92 Å². The van der Waals surface area contributed by atoms with Crippen molar-refractivity contribution in [1.29, 1.82) is 0 Å². The van der Waals surface area contributed by atoms with Crippen LogP contribution in [0.1, 0.15) is 59.3 Å². The molecule has 0 aromatic rings. The number of hydrogen-bond acceptors (Lipinski definition) is 4. The van der Waals surface area contributed by atoms with Crippen LogP contribution in [0.4, 0.5) is 0 Å². The summed E-state index contributed by atoms with van der Waals surface area (Å²) in [4.78, 5) is 0. The van der Waals surface area contributed by atoms with Crippen molar-refractivity contribution in [3.05, 3.63) is 5.21 Å². The standard InChI is InChI=1S/C13H26NO4P/c1-4-6-11-17-19(16,18-12-7-5-2)13(3)9-8-10-14(13)15/h10H,4-9,11-12H2,1-3H3. The Morgan fingerprint density at radius 2 is 1.79 bits per heavy atom. The molecule has 0 aromatic heterocycles. The zero-order valence-electron chi connectivity index (χ0n) is 12.3. The second-order valence-corrected chi connectivity index (χ2v) is 7.61. The zero-order valence-corrected chi connectivity index (χ0v) is 13.2. The molecule has 0 fully saturated rings. The van der Waals surface area contributed by atoms with Crippen LogP contribution in [0.5, 0.6) is 0 Å².